The van der Waals surface area contributed by atoms with Crippen LogP contribution in [0.3, 0.4) is 0 Å². The molecule has 0 radical (unpaired) electrons. The van der Waals surface area contributed by atoms with E-state index in [0.717, 1.165) is 36.2 Å². The van der Waals surface area contributed by atoms with E-state index < -0.39 is 0 Å². The number of nitrogens with one attached hydrogen (secondary N) is 1. The standard InChI is InChI=1S/C18H18BrNO/c19-15-7-5-14(6-8-15)18(11-20-12-18)10-16-9-13-3-1-2-4-17(13)21-16/h1-8,16,20H,9-12H2. The van der Waals surface area contributed by atoms with Gasteiger partial charge in [-0.3, -0.25) is 0 Å². The van der Waals surface area contributed by atoms with E-state index in [1.54, 1.807) is 0 Å². The van der Waals surface area contributed by atoms with E-state index in [4.69, 9.17) is 4.74 Å². The van der Waals surface area contributed by atoms with Crippen molar-refractivity contribution in [3.05, 3.63) is 64.1 Å². The van der Waals surface area contributed by atoms with E-state index in [1.807, 2.05) is 0 Å². The molecule has 0 spiro atoms. The van der Waals surface area contributed by atoms with Gasteiger partial charge in [0.1, 0.15) is 11.9 Å². The minimum atomic E-state index is 0.230. The van der Waals surface area contributed by atoms with Crippen molar-refractivity contribution in [3.63, 3.8) is 0 Å². The van der Waals surface area contributed by atoms with Gasteiger partial charge in [0, 0.05) is 29.4 Å². The van der Waals surface area contributed by atoms with E-state index >= 15 is 0 Å². The first-order valence-corrected chi connectivity index (χ1v) is 8.26. The number of fused-ring (bicyclic) bond motifs is 1. The van der Waals surface area contributed by atoms with Gasteiger partial charge in [0.25, 0.3) is 0 Å². The molecule has 2 aromatic carbocycles. The maximum absolute atomic E-state index is 6.15. The van der Waals surface area contributed by atoms with Crippen molar-refractivity contribution >= 4 is 15.9 Å². The van der Waals surface area contributed by atoms with Crippen LogP contribution in [0.1, 0.15) is 17.5 Å². The Morgan fingerprint density at radius 1 is 1.10 bits per heavy atom. The van der Waals surface area contributed by atoms with Crippen LogP contribution < -0.4 is 10.1 Å². The molecule has 2 aromatic rings. The zero-order valence-electron chi connectivity index (χ0n) is 11.8. The fraction of sp³-hybridized carbons (Fsp3) is 0.333. The molecule has 0 aromatic heterocycles. The summed E-state index contributed by atoms with van der Waals surface area (Å²) < 4.78 is 7.28. The minimum absolute atomic E-state index is 0.230. The van der Waals surface area contributed by atoms with E-state index in [-0.39, 0.29) is 5.41 Å². The Bertz CT molecular complexity index is 624. The summed E-state index contributed by atoms with van der Waals surface area (Å²) in [7, 11) is 0. The number of para-hydroxylation sites is 1. The van der Waals surface area contributed by atoms with Crippen molar-refractivity contribution in [3.8, 4) is 5.75 Å². The molecule has 2 heterocycles. The van der Waals surface area contributed by atoms with Gasteiger partial charge in [0.05, 0.1) is 0 Å². The monoisotopic (exact) mass is 343 g/mol. The van der Waals surface area contributed by atoms with Crippen LogP contribution in [-0.2, 0) is 11.8 Å². The quantitative estimate of drug-likeness (QED) is 0.917. The average molecular weight is 344 g/mol. The summed E-state index contributed by atoms with van der Waals surface area (Å²) in [5, 5.41) is 3.44. The lowest BCUT2D eigenvalue weighted by Gasteiger charge is -2.44. The summed E-state index contributed by atoms with van der Waals surface area (Å²) in [5.41, 5.74) is 3.00. The predicted molar refractivity (Wildman–Crippen MR) is 87.9 cm³/mol. The SMILES string of the molecule is Brc1ccc(C2(CC3Cc4ccccc4O3)CNC2)cc1. The lowest BCUT2D eigenvalue weighted by Crippen LogP contribution is -2.58. The molecule has 21 heavy (non-hydrogen) atoms. The van der Waals surface area contributed by atoms with Crippen LogP contribution in [0.5, 0.6) is 5.75 Å². The number of hydrogen-bond donors (Lipinski definition) is 1. The molecule has 0 saturated carbocycles. The third-order valence-electron chi connectivity index (χ3n) is 4.72. The first-order chi connectivity index (χ1) is 10.3. The van der Waals surface area contributed by atoms with Crippen molar-refractivity contribution in [1.82, 2.24) is 5.32 Å². The molecule has 3 heteroatoms. The zero-order valence-corrected chi connectivity index (χ0v) is 13.4. The second-order valence-corrected chi connectivity index (χ2v) is 7.06. The molecule has 1 unspecified atom stereocenters. The topological polar surface area (TPSA) is 21.3 Å². The molecule has 1 fully saturated rings. The van der Waals surface area contributed by atoms with Gasteiger partial charge in [-0.2, -0.15) is 0 Å². The van der Waals surface area contributed by atoms with Crippen molar-refractivity contribution in [2.75, 3.05) is 13.1 Å². The molecule has 2 aliphatic rings. The van der Waals surface area contributed by atoms with Gasteiger partial charge in [-0.15, -0.1) is 0 Å². The van der Waals surface area contributed by atoms with Crippen LogP contribution in [0, 0.1) is 0 Å². The highest BCUT2D eigenvalue weighted by atomic mass is 79.9. The van der Waals surface area contributed by atoms with E-state index in [0.29, 0.717) is 6.10 Å². The Morgan fingerprint density at radius 3 is 2.52 bits per heavy atom. The molecule has 0 bridgehead atoms. The maximum Gasteiger partial charge on any atom is 0.123 e. The molecule has 1 saturated heterocycles. The molecular weight excluding hydrogens is 326 g/mol. The third kappa shape index (κ3) is 2.39. The Hall–Kier alpha value is -1.32. The molecule has 1 atom stereocenters. The molecular formula is C18H18BrNO. The van der Waals surface area contributed by atoms with E-state index in [1.165, 1.54) is 11.1 Å². The van der Waals surface area contributed by atoms with Crippen molar-refractivity contribution in [1.29, 1.82) is 0 Å². The van der Waals surface area contributed by atoms with Crippen molar-refractivity contribution in [2.24, 2.45) is 0 Å². The largest absolute Gasteiger partial charge is 0.490 e. The third-order valence-corrected chi connectivity index (χ3v) is 5.24. The van der Waals surface area contributed by atoms with Crippen LogP contribution in [0.2, 0.25) is 0 Å². The normalized spacial score (nSPS) is 22.2. The molecule has 4 rings (SSSR count). The van der Waals surface area contributed by atoms with Crippen LogP contribution in [0.4, 0.5) is 0 Å². The predicted octanol–water partition coefficient (Wildman–Crippen LogP) is 3.68. The number of ether oxygens (including phenoxy) is 1. The van der Waals surface area contributed by atoms with Gasteiger partial charge in [-0.1, -0.05) is 46.3 Å². The van der Waals surface area contributed by atoms with Crippen molar-refractivity contribution in [2.45, 2.75) is 24.4 Å². The molecule has 108 valence electrons. The number of rotatable bonds is 3. The van der Waals surface area contributed by atoms with Crippen molar-refractivity contribution < 1.29 is 4.74 Å². The van der Waals surface area contributed by atoms with Gasteiger partial charge >= 0.3 is 0 Å². The molecule has 2 nitrogen and oxygen atoms in total. The summed E-state index contributed by atoms with van der Waals surface area (Å²) in [4.78, 5) is 0. The van der Waals surface area contributed by atoms with Gasteiger partial charge in [0.2, 0.25) is 0 Å². The number of hydrogen-bond acceptors (Lipinski definition) is 2. The summed E-state index contributed by atoms with van der Waals surface area (Å²) in [6.07, 6.45) is 2.42. The Balaban J connectivity index is 1.54. The minimum Gasteiger partial charge on any atom is -0.490 e. The highest BCUT2D eigenvalue weighted by molar-refractivity contribution is 9.10. The highest BCUT2D eigenvalue weighted by Gasteiger charge is 2.42. The Labute approximate surface area is 133 Å². The molecule has 1 N–H and O–H groups in total. The van der Waals surface area contributed by atoms with Crippen LogP contribution in [0.25, 0.3) is 0 Å². The first-order valence-electron chi connectivity index (χ1n) is 7.47. The van der Waals surface area contributed by atoms with Crippen LogP contribution in [0.15, 0.2) is 53.0 Å². The van der Waals surface area contributed by atoms with Gasteiger partial charge in [-0.25, -0.2) is 0 Å². The zero-order chi connectivity index (χ0) is 14.3. The fourth-order valence-electron chi connectivity index (χ4n) is 3.50. The van der Waals surface area contributed by atoms with E-state index in [9.17, 15) is 0 Å². The second-order valence-electron chi connectivity index (χ2n) is 6.15. The summed E-state index contributed by atoms with van der Waals surface area (Å²) >= 11 is 3.52. The summed E-state index contributed by atoms with van der Waals surface area (Å²) in [6, 6.07) is 17.2. The van der Waals surface area contributed by atoms with Crippen LogP contribution >= 0.6 is 15.9 Å². The van der Waals surface area contributed by atoms with Crippen LogP contribution in [-0.4, -0.2) is 19.2 Å². The van der Waals surface area contributed by atoms with E-state index in [2.05, 4.69) is 69.8 Å². The van der Waals surface area contributed by atoms with Gasteiger partial charge in [0.15, 0.2) is 0 Å². The fourth-order valence-corrected chi connectivity index (χ4v) is 3.76. The lowest BCUT2D eigenvalue weighted by atomic mass is 9.71. The molecule has 0 amide bonds. The van der Waals surface area contributed by atoms with Gasteiger partial charge < -0.3 is 10.1 Å². The average Bonchev–Trinajstić information content (AvgIpc) is 2.86. The highest BCUT2D eigenvalue weighted by Crippen LogP contribution is 2.39. The lowest BCUT2D eigenvalue weighted by molar-refractivity contribution is 0.143. The Morgan fingerprint density at radius 2 is 1.86 bits per heavy atom. The molecule has 2 aliphatic heterocycles. The maximum atomic E-state index is 6.15. The Kier molecular flexibility index (Phi) is 3.27. The van der Waals surface area contributed by atoms with Gasteiger partial charge in [-0.05, 0) is 35.7 Å². The number of halogens is 1. The number of benzene rings is 2. The molecule has 0 aliphatic carbocycles. The summed E-state index contributed by atoms with van der Waals surface area (Å²) in [6.45, 7) is 2.09. The first kappa shape index (κ1) is 13.4. The smallest absolute Gasteiger partial charge is 0.123 e. The second kappa shape index (κ2) is 5.15. The summed E-state index contributed by atoms with van der Waals surface area (Å²) in [5.74, 6) is 1.07.